The summed E-state index contributed by atoms with van der Waals surface area (Å²) >= 11 is 6.24. The van der Waals surface area contributed by atoms with Crippen LogP contribution in [0.25, 0.3) is 5.52 Å². The van der Waals surface area contributed by atoms with Gasteiger partial charge in [0.05, 0.1) is 7.11 Å². The van der Waals surface area contributed by atoms with Crippen LogP contribution in [0.4, 0.5) is 5.82 Å². The summed E-state index contributed by atoms with van der Waals surface area (Å²) < 4.78 is 1.78. The summed E-state index contributed by atoms with van der Waals surface area (Å²) in [4.78, 5) is 12.4. The third-order valence-corrected chi connectivity index (χ3v) is 5.73. The smallest absolute Gasteiger partial charge is 0.156 e. The largest absolute Gasteiger partial charge is 0.354 e. The van der Waals surface area contributed by atoms with Crippen molar-refractivity contribution in [3.63, 3.8) is 0 Å². The second-order valence-electron chi connectivity index (χ2n) is 7.24. The maximum Gasteiger partial charge on any atom is 0.156 e. The zero-order chi connectivity index (χ0) is 16.9. The van der Waals surface area contributed by atoms with Gasteiger partial charge in [-0.2, -0.15) is 10.2 Å². The van der Waals surface area contributed by atoms with Gasteiger partial charge in [-0.1, -0.05) is 18.5 Å². The van der Waals surface area contributed by atoms with Crippen molar-refractivity contribution < 1.29 is 4.84 Å². The number of hydrogen-bond acceptors (Lipinski definition) is 5. The number of nitrogens with zero attached hydrogens (tertiary/aromatic N) is 5. The van der Waals surface area contributed by atoms with E-state index < -0.39 is 0 Å². The van der Waals surface area contributed by atoms with Gasteiger partial charge in [-0.3, -0.25) is 0 Å². The zero-order valence-corrected chi connectivity index (χ0v) is 15.3. The van der Waals surface area contributed by atoms with Crippen LogP contribution < -0.4 is 4.90 Å². The number of hydrogen-bond donors (Lipinski definition) is 0. The molecule has 0 unspecified atom stereocenters. The first kappa shape index (κ1) is 16.1. The van der Waals surface area contributed by atoms with Crippen molar-refractivity contribution in [2.75, 3.05) is 31.6 Å². The van der Waals surface area contributed by atoms with E-state index in [1.807, 2.05) is 6.07 Å². The highest BCUT2D eigenvalue weighted by Crippen LogP contribution is 2.51. The van der Waals surface area contributed by atoms with E-state index in [2.05, 4.69) is 33.9 Å². The Labute approximate surface area is 147 Å². The molecule has 3 heterocycles. The van der Waals surface area contributed by atoms with E-state index in [0.717, 1.165) is 43.0 Å². The molecule has 1 saturated heterocycles. The molecule has 2 aromatic heterocycles. The van der Waals surface area contributed by atoms with Gasteiger partial charge in [0.1, 0.15) is 17.0 Å². The minimum atomic E-state index is 0.432. The molecule has 0 atom stereocenters. The lowest BCUT2D eigenvalue weighted by molar-refractivity contribution is -0.206. The van der Waals surface area contributed by atoms with Gasteiger partial charge in [0.2, 0.25) is 0 Å². The average molecular weight is 350 g/mol. The lowest BCUT2D eigenvalue weighted by Crippen LogP contribution is -2.66. The number of aryl methyl sites for hydroxylation is 1. The number of anilines is 1. The molecule has 2 aliphatic rings. The number of fused-ring (bicyclic) bond motifs is 1. The van der Waals surface area contributed by atoms with Crippen molar-refractivity contribution in [1.82, 2.24) is 19.7 Å². The molecular weight excluding hydrogens is 326 g/mol. The second-order valence-corrected chi connectivity index (χ2v) is 7.62. The van der Waals surface area contributed by atoms with Crippen molar-refractivity contribution >= 4 is 22.9 Å². The van der Waals surface area contributed by atoms with Crippen LogP contribution in [0.5, 0.6) is 0 Å². The normalized spacial score (nSPS) is 20.0. The summed E-state index contributed by atoms with van der Waals surface area (Å²) in [5, 5.41) is 7.05. The van der Waals surface area contributed by atoms with Crippen LogP contribution in [0.2, 0.25) is 5.15 Å². The Hall–Kier alpha value is -1.37. The van der Waals surface area contributed by atoms with Crippen molar-refractivity contribution in [3.05, 3.63) is 23.1 Å². The highest BCUT2D eigenvalue weighted by molar-refractivity contribution is 6.30. The first-order valence-corrected chi connectivity index (χ1v) is 8.99. The van der Waals surface area contributed by atoms with Crippen molar-refractivity contribution in [3.8, 4) is 0 Å². The van der Waals surface area contributed by atoms with E-state index in [-0.39, 0.29) is 0 Å². The van der Waals surface area contributed by atoms with Gasteiger partial charge >= 0.3 is 0 Å². The molecular formula is C17H24ClN5O. The van der Waals surface area contributed by atoms with Gasteiger partial charge in [-0.25, -0.2) is 9.50 Å². The summed E-state index contributed by atoms with van der Waals surface area (Å²) in [6.07, 6.45) is 5.13. The minimum Gasteiger partial charge on any atom is -0.354 e. The van der Waals surface area contributed by atoms with Crippen LogP contribution >= 0.6 is 11.6 Å². The summed E-state index contributed by atoms with van der Waals surface area (Å²) in [5.41, 5.74) is 2.58. The third-order valence-electron chi connectivity index (χ3n) is 5.46. The molecule has 4 rings (SSSR count). The average Bonchev–Trinajstić information content (AvgIpc) is 2.79. The fourth-order valence-electron chi connectivity index (χ4n) is 4.35. The predicted octanol–water partition coefficient (Wildman–Crippen LogP) is 2.93. The molecule has 1 aliphatic carbocycles. The summed E-state index contributed by atoms with van der Waals surface area (Å²) in [7, 11) is 1.78. The molecule has 2 aromatic rings. The van der Waals surface area contributed by atoms with Crippen LogP contribution in [0.1, 0.15) is 31.7 Å². The highest BCUT2D eigenvalue weighted by atomic mass is 35.5. The molecule has 1 aliphatic heterocycles. The Morgan fingerprint density at radius 3 is 2.83 bits per heavy atom. The number of aromatic nitrogens is 3. The number of halogens is 1. The zero-order valence-electron chi connectivity index (χ0n) is 14.5. The van der Waals surface area contributed by atoms with E-state index in [1.165, 1.54) is 12.8 Å². The topological polar surface area (TPSA) is 45.9 Å². The van der Waals surface area contributed by atoms with Gasteiger partial charge in [-0.15, -0.1) is 0 Å². The monoisotopic (exact) mass is 349 g/mol. The molecule has 130 valence electrons. The molecule has 0 bridgehead atoms. The number of hydroxylamine groups is 2. The van der Waals surface area contributed by atoms with Crippen LogP contribution in [-0.4, -0.2) is 52.4 Å². The van der Waals surface area contributed by atoms with E-state index in [4.69, 9.17) is 16.4 Å². The molecule has 0 aromatic carbocycles. The quantitative estimate of drug-likeness (QED) is 0.777. The molecule has 2 fully saturated rings. The fraction of sp³-hybridized carbons (Fsp3) is 0.647. The lowest BCUT2D eigenvalue weighted by atomic mass is 9.60. The van der Waals surface area contributed by atoms with Crippen molar-refractivity contribution in [2.24, 2.45) is 5.41 Å². The maximum atomic E-state index is 6.24. The Kier molecular flexibility index (Phi) is 3.94. The van der Waals surface area contributed by atoms with E-state index in [0.29, 0.717) is 16.6 Å². The Morgan fingerprint density at radius 1 is 1.42 bits per heavy atom. The third kappa shape index (κ3) is 2.39. The molecule has 24 heavy (non-hydrogen) atoms. The van der Waals surface area contributed by atoms with Gasteiger partial charge < -0.3 is 9.74 Å². The van der Waals surface area contributed by atoms with E-state index >= 15 is 0 Å². The van der Waals surface area contributed by atoms with Crippen LogP contribution in [0.15, 0.2) is 12.4 Å². The van der Waals surface area contributed by atoms with Gasteiger partial charge in [0.25, 0.3) is 0 Å². The van der Waals surface area contributed by atoms with Crippen molar-refractivity contribution in [2.45, 2.75) is 39.2 Å². The fourth-order valence-corrected chi connectivity index (χ4v) is 4.64. The molecule has 1 spiro atoms. The maximum absolute atomic E-state index is 6.24. The summed E-state index contributed by atoms with van der Waals surface area (Å²) in [6.45, 7) is 7.38. The van der Waals surface area contributed by atoms with Crippen LogP contribution in [0.3, 0.4) is 0 Å². The molecule has 0 amide bonds. The molecule has 6 nitrogen and oxygen atoms in total. The lowest BCUT2D eigenvalue weighted by Gasteiger charge is -2.60. The first-order valence-electron chi connectivity index (χ1n) is 8.61. The van der Waals surface area contributed by atoms with Crippen molar-refractivity contribution in [1.29, 1.82) is 0 Å². The Balaban J connectivity index is 1.46. The summed E-state index contributed by atoms with van der Waals surface area (Å²) in [6, 6.07) is 2.51. The first-order chi connectivity index (χ1) is 11.6. The number of rotatable bonds is 5. The molecule has 0 radical (unpaired) electrons. The van der Waals surface area contributed by atoms with E-state index in [9.17, 15) is 0 Å². The summed E-state index contributed by atoms with van der Waals surface area (Å²) in [5.74, 6) is 1.00. The Morgan fingerprint density at radius 2 is 2.17 bits per heavy atom. The molecule has 7 heteroatoms. The predicted molar refractivity (Wildman–Crippen MR) is 94.4 cm³/mol. The second kappa shape index (κ2) is 5.86. The molecule has 0 N–H and O–H groups in total. The standard InChI is InChI=1S/C17H24ClN5O/c1-4-5-22(24-3)13-7-17(8-13)9-21(10-17)16-15-12(2)6-14(18)23(15)20-11-19-16/h6,11,13H,4-5,7-10H2,1-3H3. The minimum absolute atomic E-state index is 0.432. The van der Waals surface area contributed by atoms with E-state index in [1.54, 1.807) is 18.0 Å². The Bertz CT molecular complexity index is 747. The van der Waals surface area contributed by atoms with Gasteiger partial charge in [0, 0.05) is 31.1 Å². The molecule has 1 saturated carbocycles. The van der Waals surface area contributed by atoms with Gasteiger partial charge in [0.15, 0.2) is 5.82 Å². The SMILES string of the molecule is CCCN(OC)C1CC2(C1)CN(c1ncnn3c(Cl)cc(C)c13)C2. The van der Waals surface area contributed by atoms with Crippen LogP contribution in [0, 0.1) is 12.3 Å². The highest BCUT2D eigenvalue weighted by Gasteiger charge is 2.54. The van der Waals surface area contributed by atoms with Crippen LogP contribution in [-0.2, 0) is 4.84 Å². The van der Waals surface area contributed by atoms with Gasteiger partial charge in [-0.05, 0) is 37.8 Å².